The van der Waals surface area contributed by atoms with Crippen LogP contribution in [0.3, 0.4) is 0 Å². The zero-order valence-corrected chi connectivity index (χ0v) is 11.0. The predicted molar refractivity (Wildman–Crippen MR) is 69.4 cm³/mol. The summed E-state index contributed by atoms with van der Waals surface area (Å²) in [4.78, 5) is 13.9. The molecule has 1 aromatic rings. The Morgan fingerprint density at radius 1 is 1.32 bits per heavy atom. The molecule has 1 aromatic carbocycles. The van der Waals surface area contributed by atoms with Gasteiger partial charge in [-0.3, -0.25) is 4.79 Å². The number of methoxy groups -OCH3 is 1. The van der Waals surface area contributed by atoms with Crippen LogP contribution in [0.5, 0.6) is 0 Å². The van der Waals surface area contributed by atoms with E-state index in [1.807, 2.05) is 30.3 Å². The van der Waals surface area contributed by atoms with Crippen molar-refractivity contribution in [2.45, 2.75) is 6.10 Å². The summed E-state index contributed by atoms with van der Waals surface area (Å²) in [6, 6.07) is 9.29. The van der Waals surface area contributed by atoms with E-state index in [9.17, 15) is 15.0 Å². The van der Waals surface area contributed by atoms with Gasteiger partial charge < -0.3 is 19.8 Å². The zero-order chi connectivity index (χ0) is 13.9. The first kappa shape index (κ1) is 14.0. The number of carbonyl (C=O) groups is 1. The van der Waals surface area contributed by atoms with Crippen molar-refractivity contribution in [3.05, 3.63) is 35.9 Å². The number of aliphatic hydroxyl groups is 2. The maximum Gasteiger partial charge on any atom is 0.256 e. The van der Waals surface area contributed by atoms with Crippen LogP contribution in [0.4, 0.5) is 0 Å². The highest BCUT2D eigenvalue weighted by Gasteiger charge is 2.46. The summed E-state index contributed by atoms with van der Waals surface area (Å²) >= 11 is 0. The minimum absolute atomic E-state index is 0.115. The third-order valence-electron chi connectivity index (χ3n) is 3.60. The minimum atomic E-state index is -0.628. The maximum absolute atomic E-state index is 12.3. The fraction of sp³-hybridized carbons (Fsp3) is 0.500. The molecule has 2 rings (SSSR count). The van der Waals surface area contributed by atoms with Crippen LogP contribution in [-0.2, 0) is 9.53 Å². The third kappa shape index (κ3) is 2.63. The fourth-order valence-corrected chi connectivity index (χ4v) is 2.34. The van der Waals surface area contributed by atoms with Gasteiger partial charge in [-0.2, -0.15) is 0 Å². The monoisotopic (exact) mass is 265 g/mol. The minimum Gasteiger partial charge on any atom is -0.396 e. The van der Waals surface area contributed by atoms with Crippen molar-refractivity contribution in [1.82, 2.24) is 4.90 Å². The summed E-state index contributed by atoms with van der Waals surface area (Å²) in [5.74, 6) is -0.133. The molecule has 1 aliphatic rings. The summed E-state index contributed by atoms with van der Waals surface area (Å²) in [6.07, 6.45) is -0.628. The van der Waals surface area contributed by atoms with Crippen molar-refractivity contribution in [2.75, 3.05) is 33.4 Å². The average Bonchev–Trinajstić information content (AvgIpc) is 2.41. The Labute approximate surface area is 112 Å². The number of ether oxygens (including phenoxy) is 1. The Morgan fingerprint density at radius 3 is 2.37 bits per heavy atom. The summed E-state index contributed by atoms with van der Waals surface area (Å²) < 4.78 is 5.27. The van der Waals surface area contributed by atoms with Crippen molar-refractivity contribution in [2.24, 2.45) is 5.41 Å². The van der Waals surface area contributed by atoms with E-state index in [2.05, 4.69) is 0 Å². The van der Waals surface area contributed by atoms with Crippen LogP contribution in [0.2, 0.25) is 0 Å². The van der Waals surface area contributed by atoms with E-state index >= 15 is 0 Å². The number of carbonyl (C=O) groups excluding carboxylic acids is 1. The first-order valence-electron chi connectivity index (χ1n) is 6.24. The predicted octanol–water partition coefficient (Wildman–Crippen LogP) is 0.187. The molecule has 1 heterocycles. The molecule has 1 saturated heterocycles. The van der Waals surface area contributed by atoms with E-state index in [0.29, 0.717) is 13.1 Å². The summed E-state index contributed by atoms with van der Waals surface area (Å²) in [7, 11) is 1.50. The van der Waals surface area contributed by atoms with Crippen LogP contribution in [0.25, 0.3) is 0 Å². The quantitative estimate of drug-likeness (QED) is 0.797. The van der Waals surface area contributed by atoms with Crippen LogP contribution in [-0.4, -0.2) is 54.4 Å². The van der Waals surface area contributed by atoms with E-state index < -0.39 is 11.5 Å². The lowest BCUT2D eigenvalue weighted by Crippen LogP contribution is -2.62. The molecular weight excluding hydrogens is 246 g/mol. The molecule has 0 aromatic heterocycles. The number of hydrogen-bond acceptors (Lipinski definition) is 4. The Hall–Kier alpha value is -1.43. The third-order valence-corrected chi connectivity index (χ3v) is 3.60. The molecule has 2 N–H and O–H groups in total. The molecule has 0 bridgehead atoms. The number of aliphatic hydroxyl groups excluding tert-OH is 2. The SMILES string of the molecule is CO[C@@H](C(=O)N1CC(CO)(CO)C1)c1ccccc1. The number of rotatable bonds is 5. The molecular formula is C14H19NO4. The van der Waals surface area contributed by atoms with Crippen LogP contribution in [0, 0.1) is 5.41 Å². The molecule has 5 nitrogen and oxygen atoms in total. The van der Waals surface area contributed by atoms with Gasteiger partial charge in [0.05, 0.1) is 18.6 Å². The molecule has 19 heavy (non-hydrogen) atoms. The van der Waals surface area contributed by atoms with Crippen molar-refractivity contribution >= 4 is 5.91 Å². The van der Waals surface area contributed by atoms with Crippen LogP contribution < -0.4 is 0 Å². The molecule has 1 aliphatic heterocycles. The Bertz CT molecular complexity index is 422. The van der Waals surface area contributed by atoms with Crippen molar-refractivity contribution in [3.8, 4) is 0 Å². The standard InChI is InChI=1S/C14H19NO4/c1-19-12(11-5-3-2-4-6-11)13(18)15-7-14(8-15,9-16)10-17/h2-6,12,16-17H,7-10H2,1H3/t12-/m1/s1. The van der Waals surface area contributed by atoms with Crippen molar-refractivity contribution < 1.29 is 19.7 Å². The average molecular weight is 265 g/mol. The molecule has 0 aliphatic carbocycles. The highest BCUT2D eigenvalue weighted by atomic mass is 16.5. The van der Waals surface area contributed by atoms with Gasteiger partial charge in [0.1, 0.15) is 0 Å². The molecule has 5 heteroatoms. The van der Waals surface area contributed by atoms with Gasteiger partial charge in [0.15, 0.2) is 6.10 Å². The van der Waals surface area contributed by atoms with E-state index in [-0.39, 0.29) is 19.1 Å². The largest absolute Gasteiger partial charge is 0.396 e. The summed E-state index contributed by atoms with van der Waals surface area (Å²) in [6.45, 7) is 0.504. The van der Waals surface area contributed by atoms with Gasteiger partial charge in [0.25, 0.3) is 5.91 Å². The second-order valence-corrected chi connectivity index (χ2v) is 5.04. The van der Waals surface area contributed by atoms with Crippen molar-refractivity contribution in [1.29, 1.82) is 0 Å². The fourth-order valence-electron chi connectivity index (χ4n) is 2.34. The summed E-state index contributed by atoms with van der Waals surface area (Å²) in [5.41, 5.74) is 0.255. The zero-order valence-electron chi connectivity index (χ0n) is 11.0. The van der Waals surface area contributed by atoms with Gasteiger partial charge in [-0.25, -0.2) is 0 Å². The number of likely N-dealkylation sites (tertiary alicyclic amines) is 1. The smallest absolute Gasteiger partial charge is 0.256 e. The Balaban J connectivity index is 2.04. The van der Waals surface area contributed by atoms with E-state index in [1.54, 1.807) is 4.90 Å². The van der Waals surface area contributed by atoms with Crippen molar-refractivity contribution in [3.63, 3.8) is 0 Å². The molecule has 1 fully saturated rings. The van der Waals surface area contributed by atoms with Gasteiger partial charge in [-0.1, -0.05) is 30.3 Å². The normalized spacial score (nSPS) is 18.8. The highest BCUT2D eigenvalue weighted by molar-refractivity contribution is 5.83. The van der Waals surface area contributed by atoms with Crippen LogP contribution in [0.1, 0.15) is 11.7 Å². The van der Waals surface area contributed by atoms with Gasteiger partial charge >= 0.3 is 0 Å². The lowest BCUT2D eigenvalue weighted by atomic mass is 9.81. The van der Waals surface area contributed by atoms with E-state index in [1.165, 1.54) is 7.11 Å². The Morgan fingerprint density at radius 2 is 1.89 bits per heavy atom. The number of benzene rings is 1. The molecule has 0 spiro atoms. The topological polar surface area (TPSA) is 70.0 Å². The molecule has 104 valence electrons. The molecule has 0 unspecified atom stereocenters. The molecule has 1 amide bonds. The molecule has 0 saturated carbocycles. The first-order valence-corrected chi connectivity index (χ1v) is 6.24. The molecule has 0 radical (unpaired) electrons. The maximum atomic E-state index is 12.3. The second kappa shape index (κ2) is 5.69. The second-order valence-electron chi connectivity index (χ2n) is 5.04. The number of nitrogens with zero attached hydrogens (tertiary/aromatic N) is 1. The number of amides is 1. The first-order chi connectivity index (χ1) is 9.15. The Kier molecular flexibility index (Phi) is 4.19. The summed E-state index contributed by atoms with van der Waals surface area (Å²) in [5, 5.41) is 18.4. The van der Waals surface area contributed by atoms with Crippen LogP contribution in [0.15, 0.2) is 30.3 Å². The highest BCUT2D eigenvalue weighted by Crippen LogP contribution is 2.32. The van der Waals surface area contributed by atoms with E-state index in [0.717, 1.165) is 5.56 Å². The van der Waals surface area contributed by atoms with Gasteiger partial charge in [0, 0.05) is 20.2 Å². The van der Waals surface area contributed by atoms with Gasteiger partial charge in [-0.05, 0) is 5.56 Å². The molecule has 1 atom stereocenters. The lowest BCUT2D eigenvalue weighted by Gasteiger charge is -2.48. The lowest BCUT2D eigenvalue weighted by molar-refractivity contribution is -0.160. The van der Waals surface area contributed by atoms with Crippen LogP contribution >= 0.6 is 0 Å². The van der Waals surface area contributed by atoms with Gasteiger partial charge in [0.2, 0.25) is 0 Å². The van der Waals surface area contributed by atoms with Gasteiger partial charge in [-0.15, -0.1) is 0 Å². The number of hydrogen-bond donors (Lipinski definition) is 2. The van der Waals surface area contributed by atoms with E-state index in [4.69, 9.17) is 4.74 Å².